The van der Waals surface area contributed by atoms with Crippen LogP contribution < -0.4 is 5.32 Å². The summed E-state index contributed by atoms with van der Waals surface area (Å²) in [7, 11) is 3.49. The largest absolute Gasteiger partial charge is 0.394 e. The van der Waals surface area contributed by atoms with Gasteiger partial charge in [0.2, 0.25) is 5.91 Å². The molecule has 2 amide bonds. The van der Waals surface area contributed by atoms with Gasteiger partial charge in [0.1, 0.15) is 12.1 Å². The molecule has 3 saturated carbocycles. The zero-order valence-electron chi connectivity index (χ0n) is 26.0. The highest BCUT2D eigenvalue weighted by Gasteiger charge is 2.57. The van der Waals surface area contributed by atoms with E-state index in [9.17, 15) is 19.8 Å². The molecule has 2 aromatic carbocycles. The Morgan fingerprint density at radius 2 is 1.86 bits per heavy atom. The van der Waals surface area contributed by atoms with Crippen LogP contribution in [0.25, 0.3) is 11.1 Å². The van der Waals surface area contributed by atoms with E-state index in [0.717, 1.165) is 28.7 Å². The van der Waals surface area contributed by atoms with Gasteiger partial charge in [-0.05, 0) is 84.2 Å². The van der Waals surface area contributed by atoms with E-state index in [0.29, 0.717) is 35.3 Å². The van der Waals surface area contributed by atoms with E-state index in [1.165, 1.54) is 6.42 Å². The summed E-state index contributed by atoms with van der Waals surface area (Å²) in [4.78, 5) is 34.1. The molecule has 4 fully saturated rings. The number of benzene rings is 2. The van der Waals surface area contributed by atoms with E-state index in [4.69, 9.17) is 4.84 Å². The number of carbonyl (C=O) groups is 2. The average molecular weight is 578 g/mol. The third-order valence-electron chi connectivity index (χ3n) is 10.5. The fraction of sp³-hybridized carbons (Fsp3) is 0.588. The molecular formula is C34H47N3O5. The van der Waals surface area contributed by atoms with Crippen molar-refractivity contribution in [3.05, 3.63) is 59.2 Å². The lowest BCUT2D eigenvalue weighted by Crippen LogP contribution is -2.62. The highest BCUT2D eigenvalue weighted by molar-refractivity contribution is 5.96. The Hall–Kier alpha value is -2.78. The van der Waals surface area contributed by atoms with E-state index < -0.39 is 24.2 Å². The van der Waals surface area contributed by atoms with Crippen LogP contribution in [0.5, 0.6) is 0 Å². The van der Waals surface area contributed by atoms with E-state index in [-0.39, 0.29) is 24.5 Å². The van der Waals surface area contributed by atoms with Gasteiger partial charge in [0.05, 0.1) is 19.3 Å². The van der Waals surface area contributed by atoms with Crippen molar-refractivity contribution < 1.29 is 24.6 Å². The number of hydrogen-bond donors (Lipinski definition) is 3. The molecule has 8 nitrogen and oxygen atoms in total. The van der Waals surface area contributed by atoms with Crippen LogP contribution >= 0.6 is 0 Å². The van der Waals surface area contributed by atoms with E-state index in [1.54, 1.807) is 31.0 Å². The van der Waals surface area contributed by atoms with Gasteiger partial charge in [-0.2, -0.15) is 5.06 Å². The maximum absolute atomic E-state index is 13.9. The van der Waals surface area contributed by atoms with Crippen LogP contribution in [0, 0.1) is 36.0 Å². The third-order valence-corrected chi connectivity index (χ3v) is 10.5. The molecule has 42 heavy (non-hydrogen) atoms. The number of hydrogen-bond acceptors (Lipinski definition) is 6. The first-order valence-corrected chi connectivity index (χ1v) is 15.3. The second-order valence-electron chi connectivity index (χ2n) is 13.7. The predicted octanol–water partition coefficient (Wildman–Crippen LogP) is 4.02. The highest BCUT2D eigenvalue weighted by atomic mass is 16.7. The van der Waals surface area contributed by atoms with Crippen molar-refractivity contribution in [1.29, 1.82) is 0 Å². The summed E-state index contributed by atoms with van der Waals surface area (Å²) < 4.78 is 0. The van der Waals surface area contributed by atoms with Crippen LogP contribution in [0.2, 0.25) is 0 Å². The van der Waals surface area contributed by atoms with Gasteiger partial charge in [0.15, 0.2) is 0 Å². The molecule has 0 radical (unpaired) electrons. The maximum atomic E-state index is 13.9. The molecule has 0 aromatic heterocycles. The molecule has 4 aliphatic rings. The monoisotopic (exact) mass is 577 g/mol. The quantitative estimate of drug-likeness (QED) is 0.438. The molecule has 6 rings (SSSR count). The van der Waals surface area contributed by atoms with Gasteiger partial charge in [0, 0.05) is 31.6 Å². The van der Waals surface area contributed by atoms with Crippen LogP contribution in [0.15, 0.2) is 42.5 Å². The van der Waals surface area contributed by atoms with Gasteiger partial charge in [-0.15, -0.1) is 0 Å². The predicted molar refractivity (Wildman–Crippen MR) is 162 cm³/mol. The maximum Gasteiger partial charge on any atom is 0.253 e. The van der Waals surface area contributed by atoms with Crippen molar-refractivity contribution in [2.75, 3.05) is 20.7 Å². The average Bonchev–Trinajstić information content (AvgIpc) is 3.32. The minimum absolute atomic E-state index is 0.0298. The van der Waals surface area contributed by atoms with Crippen molar-refractivity contribution in [2.45, 2.75) is 78.3 Å². The van der Waals surface area contributed by atoms with Crippen molar-refractivity contribution in [1.82, 2.24) is 15.3 Å². The Morgan fingerprint density at radius 3 is 2.45 bits per heavy atom. The topological polar surface area (TPSA) is 102 Å². The third kappa shape index (κ3) is 5.50. The first kappa shape index (κ1) is 30.7. The molecule has 1 aliphatic heterocycles. The van der Waals surface area contributed by atoms with Crippen molar-refractivity contribution in [3.63, 3.8) is 0 Å². The lowest BCUT2D eigenvalue weighted by atomic mass is 9.45. The Kier molecular flexibility index (Phi) is 8.56. The Labute approximate surface area is 250 Å². The minimum atomic E-state index is -0.836. The summed E-state index contributed by atoms with van der Waals surface area (Å²) in [5.74, 6) is 0.838. The number of hydroxylamine groups is 2. The van der Waals surface area contributed by atoms with Gasteiger partial charge < -0.3 is 20.4 Å². The van der Waals surface area contributed by atoms with Gasteiger partial charge in [-0.3, -0.25) is 14.4 Å². The Balaban J connectivity index is 1.36. The lowest BCUT2D eigenvalue weighted by molar-refractivity contribution is -0.183. The molecule has 2 aromatic rings. The molecule has 1 heterocycles. The fourth-order valence-corrected chi connectivity index (χ4v) is 7.84. The van der Waals surface area contributed by atoms with Gasteiger partial charge in [-0.25, -0.2) is 0 Å². The fourth-order valence-electron chi connectivity index (χ4n) is 7.84. The van der Waals surface area contributed by atoms with Crippen LogP contribution in [0.4, 0.5) is 0 Å². The number of nitrogens with zero attached hydrogens (tertiary/aromatic N) is 2. The van der Waals surface area contributed by atoms with Gasteiger partial charge in [0.25, 0.3) is 5.91 Å². The SMILES string of the molecule is Cc1cc(-c2cccc(CN3O[C@@H](CO)[C@@H]([C@H](C)O)[C@H]3C(=O)N[C@H]3C[C@@H]4C[C@H]([C@@H]3C)C4(C)C)c2)ccc1C(=O)N(C)C. The van der Waals surface area contributed by atoms with Crippen LogP contribution in [0.3, 0.4) is 0 Å². The standard InChI is InChI=1S/C34H47N3O5/c1-19-13-24(11-12-26(19)33(41)36(6)7)23-10-8-9-22(14-23)17-37-31(30(21(3)39)29(18-38)42-37)32(40)35-28-16-25-15-27(20(28)2)34(25,4)5/h8-14,20-21,25,27-31,38-39H,15-18H2,1-7H3,(H,35,40)/t20-,21-,25-,27+,28-,29-,30+,31-/m0/s1. The minimum Gasteiger partial charge on any atom is -0.394 e. The number of nitrogens with one attached hydrogen (secondary N) is 1. The molecule has 0 unspecified atom stereocenters. The van der Waals surface area contributed by atoms with E-state index in [2.05, 4.69) is 32.2 Å². The first-order valence-electron chi connectivity index (χ1n) is 15.3. The molecule has 8 atom stereocenters. The molecule has 1 saturated heterocycles. The molecular weight excluding hydrogens is 530 g/mol. The summed E-state index contributed by atoms with van der Waals surface area (Å²) in [5, 5.41) is 25.8. The first-order chi connectivity index (χ1) is 19.8. The molecule has 3 N–H and O–H groups in total. The number of carbonyl (C=O) groups excluding carboxylic acids is 2. The summed E-state index contributed by atoms with van der Waals surface area (Å²) in [6.45, 7) is 10.6. The number of amides is 2. The molecule has 8 heteroatoms. The Bertz CT molecular complexity index is 1320. The zero-order chi connectivity index (χ0) is 30.5. The van der Waals surface area contributed by atoms with Crippen molar-refractivity contribution in [2.24, 2.45) is 29.1 Å². The highest BCUT2D eigenvalue weighted by Crippen LogP contribution is 2.61. The smallest absolute Gasteiger partial charge is 0.253 e. The second-order valence-corrected chi connectivity index (χ2v) is 13.7. The molecule has 0 spiro atoms. The molecule has 228 valence electrons. The number of aliphatic hydroxyl groups is 2. The summed E-state index contributed by atoms with van der Waals surface area (Å²) in [6, 6.07) is 13.2. The summed E-state index contributed by atoms with van der Waals surface area (Å²) in [6.07, 6.45) is 0.681. The summed E-state index contributed by atoms with van der Waals surface area (Å²) in [5.41, 5.74) is 4.81. The van der Waals surface area contributed by atoms with Crippen LogP contribution in [-0.2, 0) is 16.2 Å². The number of aliphatic hydroxyl groups excluding tert-OH is 2. The van der Waals surface area contributed by atoms with Crippen LogP contribution in [0.1, 0.15) is 62.0 Å². The number of rotatable bonds is 8. The summed E-state index contributed by atoms with van der Waals surface area (Å²) >= 11 is 0. The van der Waals surface area contributed by atoms with E-state index >= 15 is 0 Å². The molecule has 3 aliphatic carbocycles. The Morgan fingerprint density at radius 1 is 1.14 bits per heavy atom. The van der Waals surface area contributed by atoms with Gasteiger partial charge in [-0.1, -0.05) is 51.1 Å². The van der Waals surface area contributed by atoms with Crippen molar-refractivity contribution >= 4 is 11.8 Å². The second kappa shape index (κ2) is 11.7. The van der Waals surface area contributed by atoms with Crippen LogP contribution in [-0.4, -0.2) is 77.0 Å². The zero-order valence-corrected chi connectivity index (χ0v) is 26.0. The lowest BCUT2D eigenvalue weighted by Gasteiger charge is -2.62. The normalized spacial score (nSPS) is 30.8. The van der Waals surface area contributed by atoms with Crippen molar-refractivity contribution in [3.8, 4) is 11.1 Å². The number of aryl methyl sites for hydroxylation is 1. The van der Waals surface area contributed by atoms with E-state index in [1.807, 2.05) is 43.3 Å². The van der Waals surface area contributed by atoms with Gasteiger partial charge >= 0.3 is 0 Å². The number of fused-ring (bicyclic) bond motifs is 2. The molecule has 2 bridgehead atoms.